The molecule has 0 spiro atoms. The molecule has 0 aliphatic carbocycles. The van der Waals surface area contributed by atoms with E-state index in [1.807, 2.05) is 36.4 Å². The van der Waals surface area contributed by atoms with Crippen LogP contribution in [0.15, 0.2) is 36.4 Å². The number of hydrogen-bond donors (Lipinski definition) is 1. The molecule has 5 heteroatoms. The molecule has 0 amide bonds. The third-order valence-corrected chi connectivity index (χ3v) is 3.19. The summed E-state index contributed by atoms with van der Waals surface area (Å²) in [5, 5.41) is 10.7. The summed E-state index contributed by atoms with van der Waals surface area (Å²) in [5.41, 5.74) is 1.56. The molecule has 2 rings (SSSR count). The fraction of sp³-hybridized carbons (Fsp3) is 0.250. The Morgan fingerprint density at radius 1 is 1.12 bits per heavy atom. The minimum absolute atomic E-state index is 0.210. The summed E-state index contributed by atoms with van der Waals surface area (Å²) in [4.78, 5) is 4.39. The highest BCUT2D eigenvalue weighted by Gasteiger charge is 2.31. The summed E-state index contributed by atoms with van der Waals surface area (Å²) in [6, 6.07) is 11.5. The average Bonchev–Trinajstić information content (AvgIpc) is 2.27. The van der Waals surface area contributed by atoms with Crippen LogP contribution in [0.1, 0.15) is 5.69 Å². The first-order chi connectivity index (χ1) is 7.97. The molecule has 0 fully saturated rings. The Balaban J connectivity index is 2.25. The van der Waals surface area contributed by atoms with Gasteiger partial charge in [0.05, 0.1) is 5.52 Å². The average molecular weight is 291 g/mol. The van der Waals surface area contributed by atoms with Gasteiger partial charge in [-0.05, 0) is 12.1 Å². The molecule has 0 aliphatic rings. The second kappa shape index (κ2) is 4.99. The second-order valence-corrected chi connectivity index (χ2v) is 6.13. The Labute approximate surface area is 114 Å². The maximum absolute atomic E-state index is 9.68. The molecule has 2 aromatic rings. The molecule has 1 heterocycles. The van der Waals surface area contributed by atoms with E-state index in [1.165, 1.54) is 0 Å². The van der Waals surface area contributed by atoms with Crippen LogP contribution in [0.2, 0.25) is 0 Å². The van der Waals surface area contributed by atoms with Gasteiger partial charge in [0.2, 0.25) is 3.79 Å². The topological polar surface area (TPSA) is 33.1 Å². The first kappa shape index (κ1) is 12.9. The number of alkyl halides is 3. The number of halogens is 3. The fourth-order valence-corrected chi connectivity index (χ4v) is 1.77. The fourth-order valence-electron chi connectivity index (χ4n) is 1.54. The number of aliphatic hydroxyl groups is 1. The van der Waals surface area contributed by atoms with Gasteiger partial charge < -0.3 is 5.11 Å². The van der Waals surface area contributed by atoms with Crippen molar-refractivity contribution >= 4 is 45.7 Å². The van der Waals surface area contributed by atoms with E-state index in [-0.39, 0.29) is 6.42 Å². The predicted octanol–water partition coefficient (Wildman–Crippen LogP) is 3.51. The van der Waals surface area contributed by atoms with E-state index in [4.69, 9.17) is 34.8 Å². The van der Waals surface area contributed by atoms with Crippen LogP contribution in [0, 0.1) is 0 Å². The SMILES string of the molecule is O[C@H](Cc1ccc2ccccc2n1)C(Cl)(Cl)Cl. The van der Waals surface area contributed by atoms with Gasteiger partial charge in [-0.1, -0.05) is 59.1 Å². The van der Waals surface area contributed by atoms with E-state index in [1.54, 1.807) is 0 Å². The Hall–Kier alpha value is -0.540. The van der Waals surface area contributed by atoms with Crippen molar-refractivity contribution in [2.45, 2.75) is 16.3 Å². The Morgan fingerprint density at radius 2 is 1.82 bits per heavy atom. The first-order valence-electron chi connectivity index (χ1n) is 5.06. The van der Waals surface area contributed by atoms with Crippen molar-refractivity contribution in [1.82, 2.24) is 4.98 Å². The molecule has 0 saturated carbocycles. The van der Waals surface area contributed by atoms with Crippen molar-refractivity contribution < 1.29 is 5.11 Å². The van der Waals surface area contributed by atoms with Crippen LogP contribution in [0.25, 0.3) is 10.9 Å². The number of aromatic nitrogens is 1. The highest BCUT2D eigenvalue weighted by molar-refractivity contribution is 6.68. The Kier molecular flexibility index (Phi) is 3.79. The van der Waals surface area contributed by atoms with E-state index in [2.05, 4.69) is 4.98 Å². The van der Waals surface area contributed by atoms with E-state index in [9.17, 15) is 5.11 Å². The van der Waals surface area contributed by atoms with Crippen molar-refractivity contribution in [3.8, 4) is 0 Å². The van der Waals surface area contributed by atoms with Gasteiger partial charge in [-0.15, -0.1) is 0 Å². The van der Waals surface area contributed by atoms with Crippen molar-refractivity contribution in [3.05, 3.63) is 42.1 Å². The molecular weight excluding hydrogens is 280 g/mol. The molecule has 0 saturated heterocycles. The lowest BCUT2D eigenvalue weighted by Gasteiger charge is -2.18. The summed E-state index contributed by atoms with van der Waals surface area (Å²) in [6.45, 7) is 0. The summed E-state index contributed by atoms with van der Waals surface area (Å²) < 4.78 is -1.69. The highest BCUT2D eigenvalue weighted by Crippen LogP contribution is 2.31. The number of para-hydroxylation sites is 1. The first-order valence-corrected chi connectivity index (χ1v) is 6.19. The number of nitrogens with zero attached hydrogens (tertiary/aromatic N) is 1. The van der Waals surface area contributed by atoms with Crippen LogP contribution in [-0.4, -0.2) is 20.0 Å². The maximum Gasteiger partial charge on any atom is 0.216 e. The quantitative estimate of drug-likeness (QED) is 0.859. The minimum atomic E-state index is -1.69. The monoisotopic (exact) mass is 289 g/mol. The zero-order valence-corrected chi connectivity index (χ0v) is 11.0. The van der Waals surface area contributed by atoms with E-state index in [0.29, 0.717) is 5.69 Å². The van der Waals surface area contributed by atoms with Crippen LogP contribution in [0.3, 0.4) is 0 Å². The van der Waals surface area contributed by atoms with Gasteiger partial charge in [0.15, 0.2) is 0 Å². The predicted molar refractivity (Wildman–Crippen MR) is 71.7 cm³/mol. The number of pyridine rings is 1. The molecule has 0 bridgehead atoms. The van der Waals surface area contributed by atoms with Gasteiger partial charge in [0.1, 0.15) is 6.10 Å². The third kappa shape index (κ3) is 3.23. The minimum Gasteiger partial charge on any atom is -0.388 e. The van der Waals surface area contributed by atoms with E-state index >= 15 is 0 Å². The molecule has 1 aromatic heterocycles. The molecule has 1 N–H and O–H groups in total. The Bertz CT molecular complexity index is 524. The van der Waals surface area contributed by atoms with Gasteiger partial charge in [0.25, 0.3) is 0 Å². The number of aliphatic hydroxyl groups excluding tert-OH is 1. The van der Waals surface area contributed by atoms with Crippen molar-refractivity contribution in [2.24, 2.45) is 0 Å². The smallest absolute Gasteiger partial charge is 0.216 e. The maximum atomic E-state index is 9.68. The number of fused-ring (bicyclic) bond motifs is 1. The second-order valence-electron chi connectivity index (χ2n) is 3.76. The molecule has 0 unspecified atom stereocenters. The normalized spacial score (nSPS) is 13.9. The number of rotatable bonds is 2. The van der Waals surface area contributed by atoms with Crippen LogP contribution < -0.4 is 0 Å². The molecule has 1 atom stereocenters. The van der Waals surface area contributed by atoms with Crippen LogP contribution in [0.4, 0.5) is 0 Å². The standard InChI is InChI=1S/C12H10Cl3NO/c13-12(14,15)11(17)7-9-6-5-8-3-1-2-4-10(8)16-9/h1-6,11,17H,7H2/t11-/m1/s1. The number of benzene rings is 1. The zero-order valence-electron chi connectivity index (χ0n) is 8.78. The highest BCUT2D eigenvalue weighted by atomic mass is 35.6. The van der Waals surface area contributed by atoms with Crippen LogP contribution >= 0.6 is 34.8 Å². The Morgan fingerprint density at radius 3 is 2.53 bits per heavy atom. The molecule has 0 aliphatic heterocycles. The van der Waals surface area contributed by atoms with Gasteiger partial charge in [-0.2, -0.15) is 0 Å². The molecule has 0 radical (unpaired) electrons. The van der Waals surface area contributed by atoms with E-state index < -0.39 is 9.90 Å². The van der Waals surface area contributed by atoms with Crippen molar-refractivity contribution in [3.63, 3.8) is 0 Å². The molecule has 2 nitrogen and oxygen atoms in total. The molecular formula is C12H10Cl3NO. The third-order valence-electron chi connectivity index (χ3n) is 2.44. The van der Waals surface area contributed by atoms with Gasteiger partial charge in [-0.3, -0.25) is 4.98 Å². The van der Waals surface area contributed by atoms with Crippen molar-refractivity contribution in [2.75, 3.05) is 0 Å². The zero-order chi connectivity index (χ0) is 12.5. The van der Waals surface area contributed by atoms with E-state index in [0.717, 1.165) is 10.9 Å². The lowest BCUT2D eigenvalue weighted by molar-refractivity contribution is 0.178. The molecule has 1 aromatic carbocycles. The molecule has 17 heavy (non-hydrogen) atoms. The number of hydrogen-bond acceptors (Lipinski definition) is 2. The molecule has 90 valence electrons. The lowest BCUT2D eigenvalue weighted by atomic mass is 10.1. The van der Waals surface area contributed by atoms with Crippen LogP contribution in [0.5, 0.6) is 0 Å². The van der Waals surface area contributed by atoms with Crippen LogP contribution in [-0.2, 0) is 6.42 Å². The lowest BCUT2D eigenvalue weighted by Crippen LogP contribution is -2.27. The largest absolute Gasteiger partial charge is 0.388 e. The summed E-state index contributed by atoms with van der Waals surface area (Å²) in [6.07, 6.45) is -0.859. The van der Waals surface area contributed by atoms with Crippen molar-refractivity contribution in [1.29, 1.82) is 0 Å². The van der Waals surface area contributed by atoms with Gasteiger partial charge in [0, 0.05) is 17.5 Å². The summed E-state index contributed by atoms with van der Waals surface area (Å²) >= 11 is 16.8. The van der Waals surface area contributed by atoms with Gasteiger partial charge in [-0.25, -0.2) is 0 Å². The van der Waals surface area contributed by atoms with Gasteiger partial charge >= 0.3 is 0 Å². The summed E-state index contributed by atoms with van der Waals surface area (Å²) in [7, 11) is 0. The summed E-state index contributed by atoms with van der Waals surface area (Å²) in [5.74, 6) is 0.